The number of Topliss-reactive ketones (excluding diaryl/α,β-unsaturated/α-hetero) is 2. The minimum absolute atomic E-state index is 0.00931. The molecule has 0 saturated carbocycles. The number of ketones is 2. The standard InChI is InChI=1S/C33H22FN3O5/c34-24-13-4-2-11-22(24)31(39)28-29(30(38)20-9-7-10-21(18-20)37(41)42)36-26-15-6-1-8-19(26)16-17-27(36)33(28)23-12-3-5-14-25(23)35-32(33)40/h1-18,27-29H,(H,35,40)/t27-,28-,29+,33+/m1/s1. The lowest BCUT2D eigenvalue weighted by molar-refractivity contribution is -0.384. The zero-order valence-corrected chi connectivity index (χ0v) is 21.9. The smallest absolute Gasteiger partial charge is 0.270 e. The molecule has 1 saturated heterocycles. The molecule has 4 atom stereocenters. The Labute approximate surface area is 239 Å². The fourth-order valence-electron chi connectivity index (χ4n) is 6.89. The number of nitrogens with zero attached hydrogens (tertiary/aromatic N) is 2. The lowest BCUT2D eigenvalue weighted by Gasteiger charge is -2.37. The molecule has 7 rings (SSSR count). The Morgan fingerprint density at radius 3 is 2.45 bits per heavy atom. The summed E-state index contributed by atoms with van der Waals surface area (Å²) in [6.45, 7) is 0. The number of benzene rings is 4. The first kappa shape index (κ1) is 25.5. The van der Waals surface area contributed by atoms with Crippen LogP contribution in [0.3, 0.4) is 0 Å². The van der Waals surface area contributed by atoms with E-state index in [4.69, 9.17) is 0 Å². The van der Waals surface area contributed by atoms with Crippen molar-refractivity contribution in [3.05, 3.63) is 141 Å². The molecule has 0 bridgehead atoms. The number of rotatable bonds is 5. The van der Waals surface area contributed by atoms with Crippen LogP contribution in [0.15, 0.2) is 103 Å². The van der Waals surface area contributed by atoms with Crippen LogP contribution in [0.4, 0.5) is 21.5 Å². The molecule has 1 N–H and O–H groups in total. The Hall–Kier alpha value is -5.44. The zero-order valence-electron chi connectivity index (χ0n) is 21.9. The van der Waals surface area contributed by atoms with Crippen LogP contribution in [0.5, 0.6) is 0 Å². The van der Waals surface area contributed by atoms with E-state index in [9.17, 15) is 24.5 Å². The number of anilines is 2. The van der Waals surface area contributed by atoms with Crippen LogP contribution in [-0.4, -0.2) is 34.5 Å². The molecular formula is C33H22FN3O5. The summed E-state index contributed by atoms with van der Waals surface area (Å²) in [6.07, 6.45) is 3.67. The van der Waals surface area contributed by atoms with E-state index < -0.39 is 51.6 Å². The van der Waals surface area contributed by atoms with Gasteiger partial charge in [0.2, 0.25) is 5.91 Å². The lowest BCUT2D eigenvalue weighted by Crippen LogP contribution is -2.51. The molecule has 3 heterocycles. The highest BCUT2D eigenvalue weighted by Crippen LogP contribution is 2.58. The minimum atomic E-state index is -1.61. The van der Waals surface area contributed by atoms with Gasteiger partial charge >= 0.3 is 0 Å². The van der Waals surface area contributed by atoms with Crippen molar-refractivity contribution >= 4 is 40.6 Å². The van der Waals surface area contributed by atoms with E-state index in [0.717, 1.165) is 11.6 Å². The minimum Gasteiger partial charge on any atom is -0.352 e. The molecule has 9 heteroatoms. The average molecular weight is 560 g/mol. The maximum absolute atomic E-state index is 15.3. The number of nitro benzene ring substituents is 1. The Kier molecular flexibility index (Phi) is 5.65. The maximum Gasteiger partial charge on any atom is 0.270 e. The van der Waals surface area contributed by atoms with E-state index >= 15 is 4.39 Å². The maximum atomic E-state index is 15.3. The van der Waals surface area contributed by atoms with Gasteiger partial charge in [0.15, 0.2) is 11.6 Å². The van der Waals surface area contributed by atoms with Crippen molar-refractivity contribution in [1.29, 1.82) is 0 Å². The number of hydrogen-bond acceptors (Lipinski definition) is 6. The van der Waals surface area contributed by atoms with Gasteiger partial charge in [-0.05, 0) is 35.4 Å². The van der Waals surface area contributed by atoms with E-state index in [2.05, 4.69) is 5.32 Å². The van der Waals surface area contributed by atoms with Crippen LogP contribution in [0.2, 0.25) is 0 Å². The van der Waals surface area contributed by atoms with Crippen molar-refractivity contribution in [1.82, 2.24) is 0 Å². The van der Waals surface area contributed by atoms with E-state index in [-0.39, 0.29) is 16.8 Å². The molecule has 8 nitrogen and oxygen atoms in total. The first-order valence-corrected chi connectivity index (χ1v) is 13.4. The normalized spacial score (nSPS) is 23.2. The fraction of sp³-hybridized carbons (Fsp3) is 0.121. The number of para-hydroxylation sites is 2. The summed E-state index contributed by atoms with van der Waals surface area (Å²) >= 11 is 0. The monoisotopic (exact) mass is 559 g/mol. The molecule has 0 aliphatic carbocycles. The van der Waals surface area contributed by atoms with Gasteiger partial charge in [-0.2, -0.15) is 0 Å². The number of fused-ring (bicyclic) bond motifs is 6. The van der Waals surface area contributed by atoms with Crippen LogP contribution < -0.4 is 10.2 Å². The second-order valence-corrected chi connectivity index (χ2v) is 10.6. The summed E-state index contributed by atoms with van der Waals surface area (Å²) in [5, 5.41) is 14.5. The van der Waals surface area contributed by atoms with Gasteiger partial charge in [0.1, 0.15) is 17.3 Å². The SMILES string of the molecule is O=C(c1cccc([N+](=O)[O-])c1)[C@@H]1[C@H](C(=O)c2ccccc2F)[C@@]2(C(=O)Nc3ccccc32)[C@H]2C=Cc3ccccc3N12. The Balaban J connectivity index is 1.54. The third-order valence-corrected chi connectivity index (χ3v) is 8.57. The number of hydrogen-bond donors (Lipinski definition) is 1. The van der Waals surface area contributed by atoms with Crippen LogP contribution in [-0.2, 0) is 10.2 Å². The third kappa shape index (κ3) is 3.43. The highest BCUT2D eigenvalue weighted by molar-refractivity contribution is 6.18. The molecule has 3 aliphatic rings. The van der Waals surface area contributed by atoms with Gasteiger partial charge in [-0.1, -0.05) is 72.8 Å². The zero-order chi connectivity index (χ0) is 29.2. The molecule has 42 heavy (non-hydrogen) atoms. The van der Waals surface area contributed by atoms with Crippen molar-refractivity contribution in [2.24, 2.45) is 5.92 Å². The topological polar surface area (TPSA) is 110 Å². The molecule has 206 valence electrons. The lowest BCUT2D eigenvalue weighted by atomic mass is 9.64. The molecular weight excluding hydrogens is 537 g/mol. The van der Waals surface area contributed by atoms with Crippen molar-refractivity contribution in [2.75, 3.05) is 10.2 Å². The fourth-order valence-corrected chi connectivity index (χ4v) is 6.89. The Bertz CT molecular complexity index is 1870. The third-order valence-electron chi connectivity index (χ3n) is 8.57. The van der Waals surface area contributed by atoms with E-state index in [1.807, 2.05) is 30.4 Å². The predicted molar refractivity (Wildman–Crippen MR) is 154 cm³/mol. The Morgan fingerprint density at radius 1 is 0.905 bits per heavy atom. The summed E-state index contributed by atoms with van der Waals surface area (Å²) in [5.41, 5.74) is 0.289. The van der Waals surface area contributed by atoms with E-state index in [0.29, 0.717) is 16.9 Å². The van der Waals surface area contributed by atoms with Crippen LogP contribution >= 0.6 is 0 Å². The van der Waals surface area contributed by atoms with Gasteiger partial charge in [0, 0.05) is 29.1 Å². The summed E-state index contributed by atoms with van der Waals surface area (Å²) in [7, 11) is 0. The number of non-ortho nitro benzene ring substituents is 1. The highest BCUT2D eigenvalue weighted by atomic mass is 19.1. The van der Waals surface area contributed by atoms with Crippen LogP contribution in [0.25, 0.3) is 6.08 Å². The molecule has 3 aliphatic heterocycles. The number of halogens is 1. The van der Waals surface area contributed by atoms with Gasteiger partial charge in [-0.15, -0.1) is 0 Å². The summed E-state index contributed by atoms with van der Waals surface area (Å²) in [5.74, 6) is -3.93. The molecule has 1 amide bonds. The van der Waals surface area contributed by atoms with Gasteiger partial charge < -0.3 is 10.2 Å². The number of carbonyl (C=O) groups excluding carboxylic acids is 3. The number of carbonyl (C=O) groups is 3. The number of nitro groups is 1. The highest BCUT2D eigenvalue weighted by Gasteiger charge is 2.70. The average Bonchev–Trinajstić information content (AvgIpc) is 3.49. The first-order chi connectivity index (χ1) is 20.3. The quantitative estimate of drug-likeness (QED) is 0.194. The molecule has 1 fully saturated rings. The Morgan fingerprint density at radius 2 is 1.64 bits per heavy atom. The largest absolute Gasteiger partial charge is 0.352 e. The van der Waals surface area contributed by atoms with Crippen molar-refractivity contribution in [3.8, 4) is 0 Å². The van der Waals surface area contributed by atoms with E-state index in [1.165, 1.54) is 42.5 Å². The van der Waals surface area contributed by atoms with Crippen molar-refractivity contribution < 1.29 is 23.7 Å². The van der Waals surface area contributed by atoms with Crippen LogP contribution in [0, 0.1) is 21.8 Å². The number of amides is 1. The first-order valence-electron chi connectivity index (χ1n) is 13.4. The molecule has 0 aromatic heterocycles. The van der Waals surface area contributed by atoms with Gasteiger partial charge in [0.25, 0.3) is 5.69 Å². The summed E-state index contributed by atoms with van der Waals surface area (Å²) in [6, 6.07) is 23.0. The second kappa shape index (κ2) is 9.31. The predicted octanol–water partition coefficient (Wildman–Crippen LogP) is 5.59. The molecule has 4 aromatic rings. The molecule has 0 unspecified atom stereocenters. The molecule has 4 aromatic carbocycles. The number of nitrogens with one attached hydrogen (secondary N) is 1. The second-order valence-electron chi connectivity index (χ2n) is 10.6. The van der Waals surface area contributed by atoms with Gasteiger partial charge in [-0.3, -0.25) is 24.5 Å². The van der Waals surface area contributed by atoms with Crippen LogP contribution in [0.1, 0.15) is 31.8 Å². The van der Waals surface area contributed by atoms with Gasteiger partial charge in [0.05, 0.1) is 22.4 Å². The molecule has 1 spiro atoms. The van der Waals surface area contributed by atoms with Gasteiger partial charge in [-0.25, -0.2) is 4.39 Å². The van der Waals surface area contributed by atoms with Crippen molar-refractivity contribution in [3.63, 3.8) is 0 Å². The van der Waals surface area contributed by atoms with E-state index in [1.54, 1.807) is 35.2 Å². The molecule has 0 radical (unpaired) electrons. The summed E-state index contributed by atoms with van der Waals surface area (Å²) < 4.78 is 15.3. The van der Waals surface area contributed by atoms with Crippen molar-refractivity contribution in [2.45, 2.75) is 17.5 Å². The summed E-state index contributed by atoms with van der Waals surface area (Å²) in [4.78, 5) is 56.3.